The summed E-state index contributed by atoms with van der Waals surface area (Å²) in [5.74, 6) is -3.34. The summed E-state index contributed by atoms with van der Waals surface area (Å²) in [7, 11) is 3.72. The van der Waals surface area contributed by atoms with Crippen molar-refractivity contribution >= 4 is 35.4 Å². The fourth-order valence-electron chi connectivity index (χ4n) is 4.71. The number of thioether (sulfide) groups is 1. The van der Waals surface area contributed by atoms with Crippen LogP contribution in [0.4, 0.5) is 5.69 Å². The minimum absolute atomic E-state index is 0.136. The Balaban J connectivity index is 2.33. The van der Waals surface area contributed by atoms with Crippen molar-refractivity contribution in [2.45, 2.75) is 30.7 Å². The molecule has 1 saturated heterocycles. The molecule has 1 fully saturated rings. The molecular weight excluding hydrogens is 440 g/mol. The number of benzene rings is 1. The number of nitro groups is 1. The molecule has 1 aromatic carbocycles. The number of esters is 3. The maximum atomic E-state index is 13.1. The lowest BCUT2D eigenvalue weighted by molar-refractivity contribution is -0.384. The van der Waals surface area contributed by atoms with E-state index in [1.807, 2.05) is 0 Å². The van der Waals surface area contributed by atoms with Gasteiger partial charge in [0, 0.05) is 29.5 Å². The molecule has 0 amide bonds. The molecule has 0 spiro atoms. The van der Waals surface area contributed by atoms with Gasteiger partial charge in [0.25, 0.3) is 5.69 Å². The van der Waals surface area contributed by atoms with Crippen LogP contribution in [0.25, 0.3) is 0 Å². The number of nitro benzene ring substituents is 1. The summed E-state index contributed by atoms with van der Waals surface area (Å²) >= 11 is 1.37. The Morgan fingerprint density at radius 3 is 2.38 bits per heavy atom. The predicted molar refractivity (Wildman–Crippen MR) is 115 cm³/mol. The van der Waals surface area contributed by atoms with Crippen LogP contribution >= 0.6 is 11.8 Å². The highest BCUT2D eigenvalue weighted by atomic mass is 32.2. The normalized spacial score (nSPS) is 26.9. The van der Waals surface area contributed by atoms with Crippen molar-refractivity contribution in [3.63, 3.8) is 0 Å². The van der Waals surface area contributed by atoms with E-state index in [0.29, 0.717) is 17.0 Å². The molecule has 11 heteroatoms. The van der Waals surface area contributed by atoms with Crippen LogP contribution in [0.1, 0.15) is 25.3 Å². The minimum atomic E-state index is -0.983. The molecule has 32 heavy (non-hydrogen) atoms. The Kier molecular flexibility index (Phi) is 6.49. The zero-order valence-corrected chi connectivity index (χ0v) is 19.1. The summed E-state index contributed by atoms with van der Waals surface area (Å²) in [6.45, 7) is 3.47. The Hall–Kier alpha value is -3.08. The fraction of sp³-hybridized carbons (Fsp3) is 0.476. The van der Waals surface area contributed by atoms with E-state index in [9.17, 15) is 24.5 Å². The fourth-order valence-corrected chi connectivity index (χ4v) is 6.30. The molecular formula is C21H24N2O8S. The summed E-state index contributed by atoms with van der Waals surface area (Å²) in [5, 5.41) is 11.4. The van der Waals surface area contributed by atoms with E-state index >= 15 is 0 Å². The van der Waals surface area contributed by atoms with Gasteiger partial charge in [0.2, 0.25) is 0 Å². The molecule has 1 aromatic rings. The van der Waals surface area contributed by atoms with Crippen molar-refractivity contribution in [1.82, 2.24) is 4.90 Å². The van der Waals surface area contributed by atoms with Gasteiger partial charge in [-0.25, -0.2) is 9.59 Å². The molecule has 3 rings (SSSR count). The van der Waals surface area contributed by atoms with Gasteiger partial charge in [-0.2, -0.15) is 0 Å². The average molecular weight is 464 g/mol. The lowest BCUT2D eigenvalue weighted by Crippen LogP contribution is -2.58. The highest BCUT2D eigenvalue weighted by molar-refractivity contribution is 8.01. The molecule has 172 valence electrons. The van der Waals surface area contributed by atoms with Crippen LogP contribution in [0.3, 0.4) is 0 Å². The maximum Gasteiger partial charge on any atom is 0.336 e. The number of ether oxygens (including phenoxy) is 3. The summed E-state index contributed by atoms with van der Waals surface area (Å²) < 4.78 is 15.1. The monoisotopic (exact) mass is 464 g/mol. The van der Waals surface area contributed by atoms with Crippen molar-refractivity contribution in [1.29, 1.82) is 0 Å². The number of fused-ring (bicyclic) bond motifs is 1. The number of methoxy groups -OCH3 is 3. The Bertz CT molecular complexity index is 1010. The van der Waals surface area contributed by atoms with Crippen molar-refractivity contribution in [3.05, 3.63) is 51.2 Å². The van der Waals surface area contributed by atoms with Crippen molar-refractivity contribution in [3.8, 4) is 0 Å². The number of hydrogen-bond donors (Lipinski definition) is 0. The minimum Gasteiger partial charge on any atom is -0.469 e. The van der Waals surface area contributed by atoms with E-state index in [4.69, 9.17) is 14.2 Å². The summed E-state index contributed by atoms with van der Waals surface area (Å²) in [6.07, 6.45) is 0. The Morgan fingerprint density at radius 1 is 1.16 bits per heavy atom. The number of non-ortho nitro benzene ring substituents is 1. The molecule has 4 atom stereocenters. The zero-order chi connectivity index (χ0) is 23.8. The van der Waals surface area contributed by atoms with Crippen LogP contribution in [-0.4, -0.2) is 65.7 Å². The number of hydrogen-bond acceptors (Lipinski definition) is 10. The van der Waals surface area contributed by atoms with Gasteiger partial charge in [0.1, 0.15) is 12.0 Å². The molecule has 10 nitrogen and oxygen atoms in total. The van der Waals surface area contributed by atoms with E-state index in [1.54, 1.807) is 24.8 Å². The smallest absolute Gasteiger partial charge is 0.336 e. The molecule has 0 unspecified atom stereocenters. The molecule has 0 radical (unpaired) electrons. The van der Waals surface area contributed by atoms with Crippen LogP contribution in [-0.2, 0) is 28.6 Å². The first kappa shape index (κ1) is 23.6. The topological polar surface area (TPSA) is 125 Å². The van der Waals surface area contributed by atoms with Crippen LogP contribution in [0.2, 0.25) is 0 Å². The maximum absolute atomic E-state index is 13.1. The second-order valence-corrected chi connectivity index (χ2v) is 9.04. The van der Waals surface area contributed by atoms with Gasteiger partial charge >= 0.3 is 17.9 Å². The number of allylic oxidation sites excluding steroid dienone is 1. The van der Waals surface area contributed by atoms with E-state index < -0.39 is 45.6 Å². The van der Waals surface area contributed by atoms with Gasteiger partial charge in [-0.3, -0.25) is 14.9 Å². The van der Waals surface area contributed by atoms with Crippen LogP contribution in [0.5, 0.6) is 0 Å². The van der Waals surface area contributed by atoms with Gasteiger partial charge < -0.3 is 19.1 Å². The van der Waals surface area contributed by atoms with Crippen LogP contribution in [0, 0.1) is 16.0 Å². The van der Waals surface area contributed by atoms with Crippen molar-refractivity contribution in [2.24, 2.45) is 5.92 Å². The lowest BCUT2D eigenvalue weighted by Gasteiger charge is -2.50. The van der Waals surface area contributed by atoms with Crippen molar-refractivity contribution in [2.75, 3.05) is 27.1 Å². The van der Waals surface area contributed by atoms with Gasteiger partial charge in [-0.15, -0.1) is 11.8 Å². The zero-order valence-electron chi connectivity index (χ0n) is 18.3. The van der Waals surface area contributed by atoms with Gasteiger partial charge in [-0.1, -0.05) is 12.1 Å². The second-order valence-electron chi connectivity index (χ2n) is 7.60. The molecule has 0 aromatic heterocycles. The van der Waals surface area contributed by atoms with Crippen LogP contribution < -0.4 is 0 Å². The largest absolute Gasteiger partial charge is 0.469 e. The van der Waals surface area contributed by atoms with E-state index in [1.165, 1.54) is 51.3 Å². The molecule has 2 aliphatic heterocycles. The van der Waals surface area contributed by atoms with E-state index in [-0.39, 0.29) is 11.3 Å². The first-order chi connectivity index (χ1) is 15.1. The van der Waals surface area contributed by atoms with Crippen LogP contribution in [0.15, 0.2) is 35.5 Å². The molecule has 0 bridgehead atoms. The molecule has 0 N–H and O–H groups in total. The highest BCUT2D eigenvalue weighted by Gasteiger charge is 2.61. The van der Waals surface area contributed by atoms with E-state index in [0.717, 1.165) is 0 Å². The highest BCUT2D eigenvalue weighted by Crippen LogP contribution is 2.57. The van der Waals surface area contributed by atoms with E-state index in [2.05, 4.69) is 0 Å². The predicted octanol–water partition coefficient (Wildman–Crippen LogP) is 2.23. The lowest BCUT2D eigenvalue weighted by atomic mass is 9.72. The number of carbonyl (C=O) groups excluding carboxylic acids is 3. The van der Waals surface area contributed by atoms with Crippen molar-refractivity contribution < 1.29 is 33.5 Å². The number of nitrogens with zero attached hydrogens (tertiary/aromatic N) is 2. The van der Waals surface area contributed by atoms with Gasteiger partial charge in [0.15, 0.2) is 0 Å². The Morgan fingerprint density at radius 2 is 1.81 bits per heavy atom. The third kappa shape index (κ3) is 3.60. The first-order valence-corrected chi connectivity index (χ1v) is 10.7. The molecule has 2 aliphatic rings. The second kappa shape index (κ2) is 8.81. The molecule has 2 heterocycles. The quantitative estimate of drug-likeness (QED) is 0.277. The Labute approximate surface area is 189 Å². The summed E-state index contributed by atoms with van der Waals surface area (Å²) in [6, 6.07) is 5.07. The molecule has 0 saturated carbocycles. The third-order valence-electron chi connectivity index (χ3n) is 6.07. The summed E-state index contributed by atoms with van der Waals surface area (Å²) in [4.78, 5) is 50.2. The standard InChI is InChI=1S/C21H24N2O8S/c1-11-15(19(25)30-4)16(12-7-6-8-13(9-12)23(27)28)17(20(26)31-5)21(2)22(11)14(10-32-21)18(24)29-3/h6-9,14,16-17H,10H2,1-5H3/t14-,16-,17-,21-/m0/s1. The average Bonchev–Trinajstić information content (AvgIpc) is 3.15. The van der Waals surface area contributed by atoms with Gasteiger partial charge in [-0.05, 0) is 19.4 Å². The summed E-state index contributed by atoms with van der Waals surface area (Å²) in [5.41, 5.74) is 0.804. The first-order valence-electron chi connectivity index (χ1n) is 9.74. The van der Waals surface area contributed by atoms with Gasteiger partial charge in [0.05, 0.1) is 36.7 Å². The number of rotatable bonds is 5. The third-order valence-corrected chi connectivity index (χ3v) is 7.59. The molecule has 0 aliphatic carbocycles. The number of carbonyl (C=O) groups is 3. The SMILES string of the molecule is COC(=O)C1=C(C)N2[C@H](C(=O)OC)CS[C@@]2(C)[C@H](C(=O)OC)[C@H]1c1cccc([N+](=O)[O-])c1.